The highest BCUT2D eigenvalue weighted by molar-refractivity contribution is 7.89. The molecule has 1 saturated heterocycles. The number of aryl methyl sites for hydroxylation is 1. The Hall–Kier alpha value is -2.68. The van der Waals surface area contributed by atoms with Crippen molar-refractivity contribution in [1.82, 2.24) is 4.72 Å². The molecule has 0 bridgehead atoms. The summed E-state index contributed by atoms with van der Waals surface area (Å²) in [5, 5.41) is 4.82. The summed E-state index contributed by atoms with van der Waals surface area (Å²) in [6.45, 7) is 1.66. The SMILES string of the molecule is O=C(Cc1cccs1)Nc1ccc(N2CCCC2)c(S(=O)(=O)NC2CCCc3ccccc32)c1. The second-order valence-electron chi connectivity index (χ2n) is 8.95. The fraction of sp³-hybridized carbons (Fsp3) is 0.346. The highest BCUT2D eigenvalue weighted by Gasteiger charge is 2.29. The zero-order valence-corrected chi connectivity index (χ0v) is 20.6. The monoisotopic (exact) mass is 495 g/mol. The van der Waals surface area contributed by atoms with Crippen LogP contribution in [-0.4, -0.2) is 27.4 Å². The summed E-state index contributed by atoms with van der Waals surface area (Å²) >= 11 is 1.53. The molecule has 178 valence electrons. The predicted octanol–water partition coefficient (Wildman–Crippen LogP) is 4.89. The van der Waals surface area contributed by atoms with E-state index >= 15 is 0 Å². The van der Waals surface area contributed by atoms with E-state index in [1.54, 1.807) is 12.1 Å². The van der Waals surface area contributed by atoms with Crippen LogP contribution in [0, 0.1) is 0 Å². The van der Waals surface area contributed by atoms with Crippen LogP contribution < -0.4 is 14.9 Å². The van der Waals surface area contributed by atoms with Crippen LogP contribution in [0.25, 0.3) is 0 Å². The van der Waals surface area contributed by atoms with Crippen molar-refractivity contribution < 1.29 is 13.2 Å². The van der Waals surface area contributed by atoms with E-state index in [-0.39, 0.29) is 23.3 Å². The minimum absolute atomic E-state index is 0.158. The van der Waals surface area contributed by atoms with Gasteiger partial charge in [-0.05, 0) is 72.9 Å². The highest BCUT2D eigenvalue weighted by Crippen LogP contribution is 2.35. The van der Waals surface area contributed by atoms with Crippen LogP contribution >= 0.6 is 11.3 Å². The van der Waals surface area contributed by atoms with Crippen molar-refractivity contribution in [3.05, 3.63) is 76.0 Å². The first kappa shape index (κ1) is 23.1. The quantitative estimate of drug-likeness (QED) is 0.489. The number of nitrogens with zero attached hydrogens (tertiary/aromatic N) is 1. The third kappa shape index (κ3) is 5.04. The van der Waals surface area contributed by atoms with Crippen molar-refractivity contribution >= 4 is 38.6 Å². The predicted molar refractivity (Wildman–Crippen MR) is 137 cm³/mol. The van der Waals surface area contributed by atoms with Crippen LogP contribution in [0.3, 0.4) is 0 Å². The molecule has 1 fully saturated rings. The number of thiophene rings is 1. The lowest BCUT2D eigenvalue weighted by Crippen LogP contribution is -2.32. The molecule has 8 heteroatoms. The maximum Gasteiger partial charge on any atom is 0.243 e. The summed E-state index contributed by atoms with van der Waals surface area (Å²) in [4.78, 5) is 15.9. The van der Waals surface area contributed by atoms with Crippen LogP contribution in [0.2, 0.25) is 0 Å². The molecule has 3 aromatic rings. The molecule has 1 aliphatic heterocycles. The van der Waals surface area contributed by atoms with Crippen molar-refractivity contribution in [1.29, 1.82) is 0 Å². The van der Waals surface area contributed by atoms with Gasteiger partial charge in [0.25, 0.3) is 0 Å². The van der Waals surface area contributed by atoms with Gasteiger partial charge in [0, 0.05) is 29.7 Å². The second kappa shape index (κ2) is 9.90. The third-order valence-corrected chi connectivity index (χ3v) is 8.94. The topological polar surface area (TPSA) is 78.5 Å². The number of anilines is 2. The van der Waals surface area contributed by atoms with Gasteiger partial charge in [0.05, 0.1) is 12.1 Å². The Morgan fingerprint density at radius 1 is 1.03 bits per heavy atom. The van der Waals surface area contributed by atoms with E-state index in [4.69, 9.17) is 0 Å². The molecule has 1 unspecified atom stereocenters. The summed E-state index contributed by atoms with van der Waals surface area (Å²) < 4.78 is 30.4. The fourth-order valence-corrected chi connectivity index (χ4v) is 7.13. The van der Waals surface area contributed by atoms with Crippen molar-refractivity contribution in [3.63, 3.8) is 0 Å². The van der Waals surface area contributed by atoms with Crippen LogP contribution in [0.4, 0.5) is 11.4 Å². The van der Waals surface area contributed by atoms with E-state index in [9.17, 15) is 13.2 Å². The average Bonchev–Trinajstić information content (AvgIpc) is 3.54. The Morgan fingerprint density at radius 2 is 1.85 bits per heavy atom. The smallest absolute Gasteiger partial charge is 0.243 e. The normalized spacial score (nSPS) is 18.0. The van der Waals surface area contributed by atoms with Crippen LogP contribution in [-0.2, 0) is 27.7 Å². The van der Waals surface area contributed by atoms with Crippen molar-refractivity contribution in [2.75, 3.05) is 23.3 Å². The van der Waals surface area contributed by atoms with Gasteiger partial charge >= 0.3 is 0 Å². The summed E-state index contributed by atoms with van der Waals surface area (Å²) in [5.74, 6) is -0.158. The Kier molecular flexibility index (Phi) is 6.72. The van der Waals surface area contributed by atoms with Gasteiger partial charge in [-0.15, -0.1) is 11.3 Å². The molecule has 2 heterocycles. The molecule has 1 aliphatic carbocycles. The lowest BCUT2D eigenvalue weighted by atomic mass is 9.88. The highest BCUT2D eigenvalue weighted by atomic mass is 32.2. The number of hydrogen-bond donors (Lipinski definition) is 2. The molecular formula is C26H29N3O3S2. The lowest BCUT2D eigenvalue weighted by Gasteiger charge is -2.28. The van der Waals surface area contributed by atoms with Crippen LogP contribution in [0.15, 0.2) is 64.9 Å². The van der Waals surface area contributed by atoms with E-state index in [1.807, 2.05) is 41.8 Å². The molecule has 2 N–H and O–H groups in total. The van der Waals surface area contributed by atoms with E-state index in [1.165, 1.54) is 16.9 Å². The number of fused-ring (bicyclic) bond motifs is 1. The molecule has 1 atom stereocenters. The molecule has 5 rings (SSSR count). The molecular weight excluding hydrogens is 466 g/mol. The molecule has 1 aromatic heterocycles. The largest absolute Gasteiger partial charge is 0.370 e. The number of amides is 1. The minimum atomic E-state index is -3.82. The molecule has 0 spiro atoms. The molecule has 6 nitrogen and oxygen atoms in total. The summed E-state index contributed by atoms with van der Waals surface area (Å²) in [6.07, 6.45) is 5.04. The second-order valence-corrected chi connectivity index (χ2v) is 11.7. The van der Waals surface area contributed by atoms with Gasteiger partial charge in [0.1, 0.15) is 4.90 Å². The van der Waals surface area contributed by atoms with Crippen molar-refractivity contribution in [2.24, 2.45) is 0 Å². The fourth-order valence-electron chi connectivity index (χ4n) is 4.93. The standard InChI is InChI=1S/C26H29N3O3S2/c30-26(18-21-9-6-16-33-21)27-20-12-13-24(29-14-3-4-15-29)25(17-20)34(31,32)28-23-11-5-8-19-7-1-2-10-22(19)23/h1-2,6-7,9-10,12-13,16-17,23,28H,3-5,8,11,14-15,18H2,(H,27,30). The van der Waals surface area contributed by atoms with Gasteiger partial charge < -0.3 is 10.2 Å². The summed E-state index contributed by atoms with van der Waals surface area (Å²) in [5.41, 5.74) is 3.45. The van der Waals surface area contributed by atoms with Gasteiger partial charge in [-0.25, -0.2) is 13.1 Å². The molecule has 0 radical (unpaired) electrons. The van der Waals surface area contributed by atoms with Crippen molar-refractivity contribution in [3.8, 4) is 0 Å². The molecule has 34 heavy (non-hydrogen) atoms. The van der Waals surface area contributed by atoms with Crippen LogP contribution in [0.1, 0.15) is 47.7 Å². The summed E-state index contributed by atoms with van der Waals surface area (Å²) in [6, 6.07) is 16.9. The molecule has 0 saturated carbocycles. The molecule has 2 aromatic carbocycles. The first-order valence-corrected chi connectivity index (χ1v) is 14.2. The first-order chi connectivity index (χ1) is 16.5. The van der Waals surface area contributed by atoms with Gasteiger partial charge in [-0.1, -0.05) is 30.3 Å². The Morgan fingerprint density at radius 3 is 2.65 bits per heavy atom. The zero-order valence-electron chi connectivity index (χ0n) is 19.0. The number of nitrogens with one attached hydrogen (secondary N) is 2. The van der Waals surface area contributed by atoms with E-state index in [2.05, 4.69) is 21.0 Å². The third-order valence-electron chi connectivity index (χ3n) is 6.56. The summed E-state index contributed by atoms with van der Waals surface area (Å²) in [7, 11) is -3.82. The number of carbonyl (C=O) groups is 1. The lowest BCUT2D eigenvalue weighted by molar-refractivity contribution is -0.115. The number of sulfonamides is 1. The van der Waals surface area contributed by atoms with E-state index in [0.29, 0.717) is 11.4 Å². The van der Waals surface area contributed by atoms with Gasteiger partial charge in [-0.2, -0.15) is 0 Å². The maximum atomic E-state index is 13.7. The van der Waals surface area contributed by atoms with Gasteiger partial charge in [0.2, 0.25) is 15.9 Å². The Balaban J connectivity index is 1.44. The zero-order chi connectivity index (χ0) is 23.5. The number of hydrogen-bond acceptors (Lipinski definition) is 5. The number of rotatable bonds is 7. The van der Waals surface area contributed by atoms with E-state index < -0.39 is 10.0 Å². The average molecular weight is 496 g/mol. The number of benzene rings is 2. The maximum absolute atomic E-state index is 13.7. The Labute approximate surface area is 205 Å². The van der Waals surface area contributed by atoms with Crippen LogP contribution in [0.5, 0.6) is 0 Å². The number of carbonyl (C=O) groups excluding carboxylic acids is 1. The van der Waals surface area contributed by atoms with Crippen molar-refractivity contribution in [2.45, 2.75) is 49.5 Å². The minimum Gasteiger partial charge on any atom is -0.370 e. The Bertz CT molecular complexity index is 1270. The molecule has 2 aliphatic rings. The first-order valence-electron chi connectivity index (χ1n) is 11.8. The van der Waals surface area contributed by atoms with E-state index in [0.717, 1.165) is 55.6 Å². The molecule has 1 amide bonds. The van der Waals surface area contributed by atoms with Gasteiger partial charge in [0.15, 0.2) is 0 Å². The van der Waals surface area contributed by atoms with Gasteiger partial charge in [-0.3, -0.25) is 4.79 Å².